The van der Waals surface area contributed by atoms with Gasteiger partial charge in [-0.15, -0.1) is 11.8 Å². The van der Waals surface area contributed by atoms with Crippen molar-refractivity contribution in [2.45, 2.75) is 6.92 Å². The number of amides is 2. The molecule has 22 heavy (non-hydrogen) atoms. The second-order valence-electron chi connectivity index (χ2n) is 4.52. The topological polar surface area (TPSA) is 46.6 Å². The van der Waals surface area contributed by atoms with Crippen LogP contribution < -0.4 is 0 Å². The maximum absolute atomic E-state index is 12.6. The zero-order valence-electron chi connectivity index (χ0n) is 12.2. The smallest absolute Gasteiger partial charge is 0.268 e. The fourth-order valence-electron chi connectivity index (χ4n) is 2.15. The number of hydrogen-bond acceptors (Lipinski definition) is 4. The summed E-state index contributed by atoms with van der Waals surface area (Å²) < 4.78 is 4.96. The minimum absolute atomic E-state index is 0.219. The number of ether oxygens (including phenoxy) is 1. The van der Waals surface area contributed by atoms with Crippen LogP contribution in [0, 0.1) is 0 Å². The molecule has 118 valence electrons. The number of carbonyl (C=O) groups excluding carboxylic acids is 2. The summed E-state index contributed by atoms with van der Waals surface area (Å²) in [6, 6.07) is 4.88. The van der Waals surface area contributed by atoms with Crippen LogP contribution in [0.1, 0.15) is 12.5 Å². The van der Waals surface area contributed by atoms with Gasteiger partial charge in [-0.3, -0.25) is 14.5 Å². The van der Waals surface area contributed by atoms with Gasteiger partial charge in [0.1, 0.15) is 0 Å². The molecule has 0 aliphatic carbocycles. The molecule has 4 nitrogen and oxygen atoms in total. The molecule has 1 aromatic carbocycles. The minimum atomic E-state index is -0.345. The second-order valence-corrected chi connectivity index (χ2v) is 6.63. The third-order valence-electron chi connectivity index (χ3n) is 3.13. The van der Waals surface area contributed by atoms with Gasteiger partial charge in [0.05, 0.1) is 28.7 Å². The largest absolute Gasteiger partial charge is 0.383 e. The van der Waals surface area contributed by atoms with Crippen LogP contribution in [0.4, 0.5) is 0 Å². The number of nitrogens with zero attached hydrogens (tertiary/aromatic N) is 1. The number of benzene rings is 1. The van der Waals surface area contributed by atoms with Crippen molar-refractivity contribution in [1.82, 2.24) is 4.90 Å². The van der Waals surface area contributed by atoms with E-state index in [2.05, 4.69) is 0 Å². The fraction of sp³-hybridized carbons (Fsp3) is 0.333. The van der Waals surface area contributed by atoms with Crippen LogP contribution in [0.5, 0.6) is 0 Å². The predicted molar refractivity (Wildman–Crippen MR) is 90.1 cm³/mol. The van der Waals surface area contributed by atoms with Crippen LogP contribution in [-0.2, 0) is 14.3 Å². The van der Waals surface area contributed by atoms with E-state index in [1.54, 1.807) is 18.2 Å². The lowest BCUT2D eigenvalue weighted by atomic mass is 10.1. The lowest BCUT2D eigenvalue weighted by Crippen LogP contribution is -2.34. The van der Waals surface area contributed by atoms with Crippen molar-refractivity contribution >= 4 is 52.4 Å². The summed E-state index contributed by atoms with van der Waals surface area (Å²) in [6.45, 7) is 2.44. The van der Waals surface area contributed by atoms with Gasteiger partial charge in [-0.2, -0.15) is 0 Å². The molecule has 0 atom stereocenters. The number of imide groups is 1. The van der Waals surface area contributed by atoms with E-state index in [0.29, 0.717) is 38.4 Å². The van der Waals surface area contributed by atoms with Gasteiger partial charge in [0.2, 0.25) is 0 Å². The minimum Gasteiger partial charge on any atom is -0.383 e. The van der Waals surface area contributed by atoms with E-state index in [0.717, 1.165) is 0 Å². The summed E-state index contributed by atoms with van der Waals surface area (Å²) in [5, 5.41) is 0.832. The number of halogens is 2. The standard InChI is InChI=1S/C15H15Cl2NO3S/c1-3-22-13-12(10-5-4-9(16)8-11(10)17)14(19)18(15(13)20)6-7-21-2/h4-5,8H,3,6-7H2,1-2H3. The molecule has 0 N–H and O–H groups in total. The van der Waals surface area contributed by atoms with Crippen LogP contribution in [-0.4, -0.2) is 42.7 Å². The number of carbonyl (C=O) groups is 2. The van der Waals surface area contributed by atoms with E-state index in [-0.39, 0.29) is 18.4 Å². The molecule has 1 heterocycles. The van der Waals surface area contributed by atoms with Crippen LogP contribution in [0.15, 0.2) is 23.1 Å². The quantitative estimate of drug-likeness (QED) is 0.729. The van der Waals surface area contributed by atoms with Gasteiger partial charge in [0.25, 0.3) is 11.8 Å². The van der Waals surface area contributed by atoms with Crippen LogP contribution in [0.25, 0.3) is 5.57 Å². The average Bonchev–Trinajstić information content (AvgIpc) is 2.70. The zero-order chi connectivity index (χ0) is 16.3. The predicted octanol–water partition coefficient (Wildman–Crippen LogP) is 3.47. The molecule has 1 aliphatic heterocycles. The molecule has 0 bridgehead atoms. The highest BCUT2D eigenvalue weighted by Gasteiger charge is 2.39. The van der Waals surface area contributed by atoms with Gasteiger partial charge in [-0.1, -0.05) is 36.2 Å². The Kier molecular flexibility index (Phi) is 5.92. The first-order valence-electron chi connectivity index (χ1n) is 6.68. The summed E-state index contributed by atoms with van der Waals surface area (Å²) in [5.41, 5.74) is 0.870. The molecule has 0 unspecified atom stereocenters. The van der Waals surface area contributed by atoms with E-state index >= 15 is 0 Å². The summed E-state index contributed by atoms with van der Waals surface area (Å²) in [6.07, 6.45) is 0. The molecule has 0 saturated heterocycles. The fourth-order valence-corrected chi connectivity index (χ4v) is 3.51. The van der Waals surface area contributed by atoms with E-state index in [1.165, 1.54) is 23.8 Å². The lowest BCUT2D eigenvalue weighted by molar-refractivity contribution is -0.137. The highest BCUT2D eigenvalue weighted by Crippen LogP contribution is 2.39. The van der Waals surface area contributed by atoms with Crippen molar-refractivity contribution in [3.63, 3.8) is 0 Å². The second kappa shape index (κ2) is 7.51. The molecule has 2 rings (SSSR count). The van der Waals surface area contributed by atoms with Gasteiger partial charge >= 0.3 is 0 Å². The molecular formula is C15H15Cl2NO3S. The number of thioether (sulfide) groups is 1. The first-order valence-corrected chi connectivity index (χ1v) is 8.43. The Morgan fingerprint density at radius 1 is 1.23 bits per heavy atom. The van der Waals surface area contributed by atoms with Gasteiger partial charge < -0.3 is 4.74 Å². The van der Waals surface area contributed by atoms with Crippen molar-refractivity contribution in [2.24, 2.45) is 0 Å². The van der Waals surface area contributed by atoms with Gasteiger partial charge in [-0.05, 0) is 17.9 Å². The Morgan fingerprint density at radius 3 is 2.55 bits per heavy atom. The van der Waals surface area contributed by atoms with E-state index < -0.39 is 0 Å². The van der Waals surface area contributed by atoms with Gasteiger partial charge in [0.15, 0.2) is 0 Å². The number of rotatable bonds is 6. The third kappa shape index (κ3) is 3.33. The first-order chi connectivity index (χ1) is 10.5. The normalized spacial score (nSPS) is 15.2. The molecule has 0 spiro atoms. The monoisotopic (exact) mass is 359 g/mol. The molecular weight excluding hydrogens is 345 g/mol. The number of hydrogen-bond donors (Lipinski definition) is 0. The summed E-state index contributed by atoms with van der Waals surface area (Å²) in [7, 11) is 1.52. The summed E-state index contributed by atoms with van der Waals surface area (Å²) >= 11 is 13.4. The lowest BCUT2D eigenvalue weighted by Gasteiger charge is -2.14. The first kappa shape index (κ1) is 17.3. The molecule has 1 aromatic rings. The Hall–Kier alpha value is -1.01. The Morgan fingerprint density at radius 2 is 1.95 bits per heavy atom. The third-order valence-corrected chi connectivity index (χ3v) is 4.64. The average molecular weight is 360 g/mol. The number of methoxy groups -OCH3 is 1. The van der Waals surface area contributed by atoms with Crippen LogP contribution in [0.2, 0.25) is 10.0 Å². The van der Waals surface area contributed by atoms with Crippen molar-refractivity contribution in [1.29, 1.82) is 0 Å². The Labute approximate surface area is 143 Å². The van der Waals surface area contributed by atoms with Crippen molar-refractivity contribution in [3.05, 3.63) is 38.7 Å². The molecule has 1 aliphatic rings. The molecule has 0 fully saturated rings. The van der Waals surface area contributed by atoms with E-state index in [1.807, 2.05) is 6.92 Å². The SMILES string of the molecule is CCSC1=C(c2ccc(Cl)cc2Cl)C(=O)N(CCOC)C1=O. The molecule has 0 aromatic heterocycles. The Bertz CT molecular complexity index is 646. The van der Waals surface area contributed by atoms with Crippen molar-refractivity contribution in [3.8, 4) is 0 Å². The van der Waals surface area contributed by atoms with Crippen molar-refractivity contribution < 1.29 is 14.3 Å². The van der Waals surface area contributed by atoms with Crippen LogP contribution >= 0.6 is 35.0 Å². The highest BCUT2D eigenvalue weighted by atomic mass is 35.5. The molecule has 0 saturated carbocycles. The molecule has 0 radical (unpaired) electrons. The maximum atomic E-state index is 12.6. The summed E-state index contributed by atoms with van der Waals surface area (Å²) in [4.78, 5) is 26.7. The van der Waals surface area contributed by atoms with Gasteiger partial charge in [-0.25, -0.2) is 0 Å². The summed E-state index contributed by atoms with van der Waals surface area (Å²) in [5.74, 6) is 0.0402. The van der Waals surface area contributed by atoms with E-state index in [4.69, 9.17) is 27.9 Å². The van der Waals surface area contributed by atoms with Gasteiger partial charge in [0, 0.05) is 17.7 Å². The maximum Gasteiger partial charge on any atom is 0.268 e. The van der Waals surface area contributed by atoms with Crippen molar-refractivity contribution in [2.75, 3.05) is 26.0 Å². The highest BCUT2D eigenvalue weighted by molar-refractivity contribution is 8.04. The Balaban J connectivity index is 2.48. The molecule has 2 amide bonds. The van der Waals surface area contributed by atoms with E-state index in [9.17, 15) is 9.59 Å². The van der Waals surface area contributed by atoms with Crippen LogP contribution in [0.3, 0.4) is 0 Å². The zero-order valence-corrected chi connectivity index (χ0v) is 14.5. The molecule has 7 heteroatoms.